The second kappa shape index (κ2) is 6.74. The van der Waals surface area contributed by atoms with Crippen molar-refractivity contribution in [3.63, 3.8) is 0 Å². The van der Waals surface area contributed by atoms with Crippen molar-refractivity contribution in [3.8, 4) is 0 Å². The van der Waals surface area contributed by atoms with Crippen molar-refractivity contribution in [1.82, 2.24) is 0 Å². The fourth-order valence-electron chi connectivity index (χ4n) is 0.336. The molecule has 0 heterocycles. The van der Waals surface area contributed by atoms with Crippen molar-refractivity contribution in [2.45, 2.75) is 6.04 Å². The van der Waals surface area contributed by atoms with E-state index >= 15 is 0 Å². The second-order valence-corrected chi connectivity index (χ2v) is 3.98. The molecule has 56 valence electrons. The van der Waals surface area contributed by atoms with Crippen molar-refractivity contribution in [2.24, 2.45) is 5.73 Å². The first-order valence-corrected chi connectivity index (χ1v) is 5.29. The van der Waals surface area contributed by atoms with Crippen LogP contribution in [0, 0.1) is 0 Å². The fourth-order valence-corrected chi connectivity index (χ4v) is 1.80. The molecule has 0 aliphatic heterocycles. The summed E-state index contributed by atoms with van der Waals surface area (Å²) in [5.74, 6) is 0.858. The number of hydrogen-bond donors (Lipinski definition) is 2. The molecule has 0 aliphatic carbocycles. The van der Waals surface area contributed by atoms with E-state index in [-0.39, 0.29) is 12.6 Å². The minimum atomic E-state index is -0.0397. The zero-order valence-electron chi connectivity index (χ0n) is 5.54. The molecule has 0 aromatic heterocycles. The van der Waals surface area contributed by atoms with Crippen molar-refractivity contribution < 1.29 is 5.11 Å². The fraction of sp³-hybridized carbons (Fsp3) is 1.00. The van der Waals surface area contributed by atoms with E-state index in [1.807, 2.05) is 0 Å². The third-order valence-electron chi connectivity index (χ3n) is 0.768. The predicted octanol–water partition coefficient (Wildman–Crippen LogP) is 0.360. The van der Waals surface area contributed by atoms with Crippen LogP contribution in [0.15, 0.2) is 0 Å². The Kier molecular flexibility index (Phi) is 7.20. The van der Waals surface area contributed by atoms with E-state index in [1.54, 1.807) is 23.5 Å². The molecular weight excluding hydrogens is 154 g/mol. The van der Waals surface area contributed by atoms with Gasteiger partial charge in [0, 0.05) is 16.9 Å². The van der Waals surface area contributed by atoms with Crippen molar-refractivity contribution in [2.75, 3.05) is 23.7 Å². The Morgan fingerprint density at radius 3 is 2.78 bits per heavy atom. The number of hydrogen-bond acceptors (Lipinski definition) is 4. The van der Waals surface area contributed by atoms with Gasteiger partial charge in [-0.05, 0) is 6.26 Å². The number of aliphatic hydroxyl groups excluding tert-OH is 1. The zero-order chi connectivity index (χ0) is 7.11. The normalized spacial score (nSPS) is 13.7. The lowest BCUT2D eigenvalue weighted by molar-refractivity contribution is 0.275. The standard InChI is InChI=1S/C5H13NOS2/c1-8-4-9-3-5(6)2-7/h5,7H,2-4,6H2,1H3/t5-/m1/s1. The molecule has 4 heteroatoms. The zero-order valence-corrected chi connectivity index (χ0v) is 7.17. The molecule has 0 rings (SSSR count). The summed E-state index contributed by atoms with van der Waals surface area (Å²) in [6.07, 6.45) is 2.05. The first-order valence-electron chi connectivity index (χ1n) is 2.74. The Morgan fingerprint density at radius 1 is 1.67 bits per heavy atom. The van der Waals surface area contributed by atoms with E-state index in [9.17, 15) is 0 Å². The van der Waals surface area contributed by atoms with Crippen molar-refractivity contribution in [1.29, 1.82) is 0 Å². The summed E-state index contributed by atoms with van der Waals surface area (Å²) in [5, 5.41) is 9.55. The Bertz CT molecular complexity index is 62.9. The summed E-state index contributed by atoms with van der Waals surface area (Å²) in [6.45, 7) is 0.0986. The maximum atomic E-state index is 8.49. The summed E-state index contributed by atoms with van der Waals surface area (Å²) < 4.78 is 0. The van der Waals surface area contributed by atoms with Gasteiger partial charge in [-0.25, -0.2) is 0 Å². The first kappa shape index (κ1) is 9.62. The molecule has 0 radical (unpaired) electrons. The van der Waals surface area contributed by atoms with E-state index < -0.39 is 0 Å². The number of nitrogens with two attached hydrogens (primary N) is 1. The third-order valence-corrected chi connectivity index (χ3v) is 3.04. The van der Waals surface area contributed by atoms with Crippen LogP contribution in [0.4, 0.5) is 0 Å². The van der Waals surface area contributed by atoms with Crippen LogP contribution in [0.3, 0.4) is 0 Å². The van der Waals surface area contributed by atoms with E-state index in [1.165, 1.54) is 0 Å². The van der Waals surface area contributed by atoms with Gasteiger partial charge in [0.05, 0.1) is 6.61 Å². The smallest absolute Gasteiger partial charge is 0.0590 e. The second-order valence-electron chi connectivity index (χ2n) is 1.72. The van der Waals surface area contributed by atoms with Crippen LogP contribution in [-0.2, 0) is 0 Å². The molecule has 0 bridgehead atoms. The van der Waals surface area contributed by atoms with Crippen LogP contribution >= 0.6 is 23.5 Å². The minimum Gasteiger partial charge on any atom is -0.395 e. The maximum Gasteiger partial charge on any atom is 0.0590 e. The molecular formula is C5H13NOS2. The average molecular weight is 167 g/mol. The molecule has 0 unspecified atom stereocenters. The van der Waals surface area contributed by atoms with Crippen LogP contribution < -0.4 is 5.73 Å². The third kappa shape index (κ3) is 6.51. The topological polar surface area (TPSA) is 46.2 Å². The molecule has 0 amide bonds. The summed E-state index contributed by atoms with van der Waals surface area (Å²) in [7, 11) is 0. The lowest BCUT2D eigenvalue weighted by Crippen LogP contribution is -2.26. The van der Waals surface area contributed by atoms with Gasteiger partial charge < -0.3 is 10.8 Å². The highest BCUT2D eigenvalue weighted by Gasteiger charge is 1.97. The van der Waals surface area contributed by atoms with E-state index in [2.05, 4.69) is 6.26 Å². The molecule has 2 nitrogen and oxygen atoms in total. The van der Waals surface area contributed by atoms with Crippen molar-refractivity contribution >= 4 is 23.5 Å². The lowest BCUT2D eigenvalue weighted by Gasteiger charge is -2.04. The van der Waals surface area contributed by atoms with Gasteiger partial charge in [0.2, 0.25) is 0 Å². The summed E-state index contributed by atoms with van der Waals surface area (Å²) in [4.78, 5) is 0. The summed E-state index contributed by atoms with van der Waals surface area (Å²) >= 11 is 3.54. The molecule has 0 aromatic rings. The first-order chi connectivity index (χ1) is 4.31. The van der Waals surface area contributed by atoms with Gasteiger partial charge in [-0.1, -0.05) is 0 Å². The molecule has 0 saturated carbocycles. The molecule has 1 atom stereocenters. The van der Waals surface area contributed by atoms with Gasteiger partial charge in [-0.3, -0.25) is 0 Å². The molecule has 9 heavy (non-hydrogen) atoms. The van der Waals surface area contributed by atoms with Crippen LogP contribution in [0.1, 0.15) is 0 Å². The number of aliphatic hydroxyl groups is 1. The maximum absolute atomic E-state index is 8.49. The van der Waals surface area contributed by atoms with E-state index in [4.69, 9.17) is 10.8 Å². The Balaban J connectivity index is 2.88. The number of rotatable bonds is 5. The summed E-state index contributed by atoms with van der Waals surface area (Å²) in [6, 6.07) is -0.0397. The molecule has 0 spiro atoms. The monoisotopic (exact) mass is 167 g/mol. The van der Waals surface area contributed by atoms with Crippen LogP contribution in [0.25, 0.3) is 0 Å². The largest absolute Gasteiger partial charge is 0.395 e. The molecule has 0 fully saturated rings. The van der Waals surface area contributed by atoms with Crippen LogP contribution in [-0.4, -0.2) is 34.8 Å². The van der Waals surface area contributed by atoms with Crippen molar-refractivity contribution in [3.05, 3.63) is 0 Å². The van der Waals surface area contributed by atoms with E-state index in [0.717, 1.165) is 10.8 Å². The quantitative estimate of drug-likeness (QED) is 0.458. The summed E-state index contributed by atoms with van der Waals surface area (Å²) in [5.41, 5.74) is 5.43. The van der Waals surface area contributed by atoms with Crippen LogP contribution in [0.2, 0.25) is 0 Å². The van der Waals surface area contributed by atoms with E-state index in [0.29, 0.717) is 0 Å². The average Bonchev–Trinajstić information content (AvgIpc) is 1.89. The van der Waals surface area contributed by atoms with Crippen LogP contribution in [0.5, 0.6) is 0 Å². The molecule has 3 N–H and O–H groups in total. The lowest BCUT2D eigenvalue weighted by atomic mass is 10.4. The van der Waals surface area contributed by atoms with Gasteiger partial charge in [0.1, 0.15) is 0 Å². The highest BCUT2D eigenvalue weighted by molar-refractivity contribution is 8.15. The highest BCUT2D eigenvalue weighted by Crippen LogP contribution is 2.08. The van der Waals surface area contributed by atoms with Gasteiger partial charge in [-0.15, -0.1) is 11.8 Å². The molecule has 0 aliphatic rings. The predicted molar refractivity (Wildman–Crippen MR) is 45.9 cm³/mol. The molecule has 0 saturated heterocycles. The Hall–Kier alpha value is 0.620. The highest BCUT2D eigenvalue weighted by atomic mass is 32.2. The van der Waals surface area contributed by atoms with Gasteiger partial charge in [-0.2, -0.15) is 11.8 Å². The number of thioether (sulfide) groups is 2. The van der Waals surface area contributed by atoms with Gasteiger partial charge in [0.15, 0.2) is 0 Å². The SMILES string of the molecule is CSCSC[C@H](N)CO. The van der Waals surface area contributed by atoms with Gasteiger partial charge in [0.25, 0.3) is 0 Å². The minimum absolute atomic E-state index is 0.0397. The Morgan fingerprint density at radius 2 is 2.33 bits per heavy atom. The molecule has 0 aromatic carbocycles. The van der Waals surface area contributed by atoms with Gasteiger partial charge >= 0.3 is 0 Å². The Labute approximate surface area is 64.6 Å².